The van der Waals surface area contributed by atoms with Crippen molar-refractivity contribution in [3.05, 3.63) is 107 Å². The number of esters is 1. The second-order valence-corrected chi connectivity index (χ2v) is 8.35. The molecular formula is C28H20N6O4. The Morgan fingerprint density at radius 2 is 1.89 bits per heavy atom. The molecule has 1 aliphatic heterocycles. The van der Waals surface area contributed by atoms with Gasteiger partial charge in [0.15, 0.2) is 0 Å². The SMILES string of the molecule is N#Cc1cccc(COC(=O)C2=C(COc3ccccc3C#N)NC(=O)NC2c2c[nH]c3ncccc23)c1. The molecule has 10 heteroatoms. The highest BCUT2D eigenvalue weighted by Crippen LogP contribution is 2.32. The molecule has 38 heavy (non-hydrogen) atoms. The number of aromatic nitrogens is 2. The zero-order valence-corrected chi connectivity index (χ0v) is 19.9. The molecule has 0 aliphatic carbocycles. The van der Waals surface area contributed by atoms with E-state index in [2.05, 4.69) is 32.7 Å². The van der Waals surface area contributed by atoms with Gasteiger partial charge in [0, 0.05) is 23.3 Å². The number of nitrogens with zero attached hydrogens (tertiary/aromatic N) is 3. The molecule has 0 spiro atoms. The van der Waals surface area contributed by atoms with Gasteiger partial charge in [-0.15, -0.1) is 0 Å². The van der Waals surface area contributed by atoms with E-state index in [1.54, 1.807) is 67.0 Å². The van der Waals surface area contributed by atoms with Crippen LogP contribution in [0.5, 0.6) is 5.75 Å². The van der Waals surface area contributed by atoms with Gasteiger partial charge in [-0.25, -0.2) is 14.6 Å². The second kappa shape index (κ2) is 10.6. The number of para-hydroxylation sites is 1. The molecule has 0 saturated carbocycles. The molecule has 2 aromatic carbocycles. The molecule has 2 amide bonds. The summed E-state index contributed by atoms with van der Waals surface area (Å²) in [4.78, 5) is 33.6. The number of nitriles is 2. The highest BCUT2D eigenvalue weighted by molar-refractivity contribution is 5.97. The quantitative estimate of drug-likeness (QED) is 0.324. The van der Waals surface area contributed by atoms with Crippen LogP contribution in [0.15, 0.2) is 84.3 Å². The van der Waals surface area contributed by atoms with Crippen molar-refractivity contribution in [2.45, 2.75) is 12.6 Å². The molecule has 4 aromatic rings. The first-order valence-electron chi connectivity index (χ1n) is 11.6. The molecule has 1 atom stereocenters. The molecule has 0 bridgehead atoms. The molecule has 1 aliphatic rings. The highest BCUT2D eigenvalue weighted by Gasteiger charge is 2.35. The van der Waals surface area contributed by atoms with Crippen LogP contribution in [0.4, 0.5) is 4.79 Å². The largest absolute Gasteiger partial charge is 0.486 e. The number of H-pyrrole nitrogens is 1. The van der Waals surface area contributed by atoms with Crippen molar-refractivity contribution in [1.82, 2.24) is 20.6 Å². The van der Waals surface area contributed by atoms with E-state index in [-0.39, 0.29) is 24.5 Å². The number of ether oxygens (including phenoxy) is 2. The minimum Gasteiger partial charge on any atom is -0.486 e. The topological polar surface area (TPSA) is 153 Å². The summed E-state index contributed by atoms with van der Waals surface area (Å²) in [7, 11) is 0. The van der Waals surface area contributed by atoms with Crippen LogP contribution < -0.4 is 15.4 Å². The van der Waals surface area contributed by atoms with Crippen molar-refractivity contribution in [3.8, 4) is 17.9 Å². The van der Waals surface area contributed by atoms with Crippen molar-refractivity contribution in [2.24, 2.45) is 0 Å². The average molecular weight is 505 g/mol. The van der Waals surface area contributed by atoms with Gasteiger partial charge in [0.2, 0.25) is 0 Å². The van der Waals surface area contributed by atoms with Gasteiger partial charge in [-0.05, 0) is 42.0 Å². The van der Waals surface area contributed by atoms with E-state index in [0.717, 1.165) is 5.39 Å². The Kier molecular flexibility index (Phi) is 6.70. The summed E-state index contributed by atoms with van der Waals surface area (Å²) in [5, 5.41) is 24.7. The van der Waals surface area contributed by atoms with Gasteiger partial charge in [-0.2, -0.15) is 10.5 Å². The van der Waals surface area contributed by atoms with Crippen LogP contribution in [-0.4, -0.2) is 28.6 Å². The molecule has 1 unspecified atom stereocenters. The summed E-state index contributed by atoms with van der Waals surface area (Å²) in [6.45, 7) is -0.281. The van der Waals surface area contributed by atoms with Crippen molar-refractivity contribution >= 4 is 23.0 Å². The lowest BCUT2D eigenvalue weighted by Crippen LogP contribution is -2.47. The molecule has 0 fully saturated rings. The summed E-state index contributed by atoms with van der Waals surface area (Å²) in [5.41, 5.74) is 2.95. The van der Waals surface area contributed by atoms with E-state index in [1.165, 1.54) is 0 Å². The average Bonchev–Trinajstić information content (AvgIpc) is 3.39. The molecule has 186 valence electrons. The summed E-state index contributed by atoms with van der Waals surface area (Å²) in [6, 6.07) is 19.7. The maximum absolute atomic E-state index is 13.5. The molecule has 0 saturated heterocycles. The molecule has 2 aromatic heterocycles. The lowest BCUT2D eigenvalue weighted by Gasteiger charge is -2.29. The van der Waals surface area contributed by atoms with Gasteiger partial charge in [0.1, 0.15) is 30.7 Å². The van der Waals surface area contributed by atoms with E-state index in [1.807, 2.05) is 6.07 Å². The van der Waals surface area contributed by atoms with Crippen molar-refractivity contribution < 1.29 is 19.1 Å². The highest BCUT2D eigenvalue weighted by atomic mass is 16.5. The van der Waals surface area contributed by atoms with Crippen molar-refractivity contribution in [3.63, 3.8) is 0 Å². The number of fused-ring (bicyclic) bond motifs is 1. The van der Waals surface area contributed by atoms with Crippen LogP contribution in [0.3, 0.4) is 0 Å². The predicted molar refractivity (Wildman–Crippen MR) is 135 cm³/mol. The maximum atomic E-state index is 13.5. The zero-order valence-electron chi connectivity index (χ0n) is 19.9. The fourth-order valence-corrected chi connectivity index (χ4v) is 4.21. The monoisotopic (exact) mass is 504 g/mol. The van der Waals surface area contributed by atoms with Gasteiger partial charge >= 0.3 is 12.0 Å². The standard InChI is InChI=1S/C28H20N6O4/c29-12-17-5-3-6-18(11-17)15-38-27(35)24-22(16-37-23-9-2-1-7-19(23)13-30)33-28(36)34-25(24)21-14-32-26-20(21)8-4-10-31-26/h1-11,14,25H,15-16H2,(H,31,32)(H2,33,34,36). The van der Waals surface area contributed by atoms with Gasteiger partial charge in [-0.1, -0.05) is 24.3 Å². The Balaban J connectivity index is 1.52. The number of urea groups is 1. The minimum atomic E-state index is -0.871. The first-order chi connectivity index (χ1) is 18.6. The molecule has 5 rings (SSSR count). The smallest absolute Gasteiger partial charge is 0.338 e. The second-order valence-electron chi connectivity index (χ2n) is 8.35. The number of carbonyl (C=O) groups excluding carboxylic acids is 2. The summed E-state index contributed by atoms with van der Waals surface area (Å²) in [5.74, 6) is -0.376. The molecule has 3 heterocycles. The number of amides is 2. The summed E-state index contributed by atoms with van der Waals surface area (Å²) in [6.07, 6.45) is 3.32. The zero-order chi connectivity index (χ0) is 26.5. The van der Waals surface area contributed by atoms with Crippen LogP contribution in [0, 0.1) is 22.7 Å². The number of carbonyl (C=O) groups is 2. The Bertz CT molecular complexity index is 1660. The number of hydrogen-bond donors (Lipinski definition) is 3. The molecule has 3 N–H and O–H groups in total. The fraction of sp³-hybridized carbons (Fsp3) is 0.107. The summed E-state index contributed by atoms with van der Waals surface area (Å²) >= 11 is 0. The molecule has 10 nitrogen and oxygen atoms in total. The van der Waals surface area contributed by atoms with E-state index in [9.17, 15) is 14.9 Å². The normalized spacial score (nSPS) is 14.7. The number of aromatic amines is 1. The lowest BCUT2D eigenvalue weighted by molar-refractivity contribution is -0.140. The van der Waals surface area contributed by atoms with E-state index in [0.29, 0.717) is 33.7 Å². The molecular weight excluding hydrogens is 484 g/mol. The first kappa shape index (κ1) is 24.1. The van der Waals surface area contributed by atoms with Gasteiger partial charge in [0.05, 0.1) is 34.5 Å². The number of pyridine rings is 1. The van der Waals surface area contributed by atoms with Crippen LogP contribution in [0.1, 0.15) is 28.3 Å². The fourth-order valence-electron chi connectivity index (χ4n) is 4.21. The number of hydrogen-bond acceptors (Lipinski definition) is 7. The number of rotatable bonds is 7. The van der Waals surface area contributed by atoms with Crippen LogP contribution >= 0.6 is 0 Å². The van der Waals surface area contributed by atoms with E-state index < -0.39 is 18.0 Å². The number of benzene rings is 2. The van der Waals surface area contributed by atoms with Crippen LogP contribution in [-0.2, 0) is 16.1 Å². The van der Waals surface area contributed by atoms with E-state index >= 15 is 0 Å². The minimum absolute atomic E-state index is 0.0840. The third-order valence-corrected chi connectivity index (χ3v) is 5.97. The van der Waals surface area contributed by atoms with Gasteiger partial charge in [0.25, 0.3) is 0 Å². The van der Waals surface area contributed by atoms with Crippen molar-refractivity contribution in [1.29, 1.82) is 10.5 Å². The third kappa shape index (κ3) is 4.87. The Morgan fingerprint density at radius 1 is 1.03 bits per heavy atom. The summed E-state index contributed by atoms with van der Waals surface area (Å²) < 4.78 is 11.5. The van der Waals surface area contributed by atoms with E-state index in [4.69, 9.17) is 14.7 Å². The maximum Gasteiger partial charge on any atom is 0.338 e. The first-order valence-corrected chi connectivity index (χ1v) is 11.6. The Labute approximate surface area is 217 Å². The Hall–Kier alpha value is -5.61. The molecule has 0 radical (unpaired) electrons. The lowest BCUT2D eigenvalue weighted by atomic mass is 9.95. The third-order valence-electron chi connectivity index (χ3n) is 5.97. The van der Waals surface area contributed by atoms with Gasteiger partial charge in [-0.3, -0.25) is 0 Å². The van der Waals surface area contributed by atoms with Crippen LogP contribution in [0.2, 0.25) is 0 Å². The predicted octanol–water partition coefficient (Wildman–Crippen LogP) is 3.74. The van der Waals surface area contributed by atoms with Gasteiger partial charge < -0.3 is 25.1 Å². The Morgan fingerprint density at radius 3 is 2.74 bits per heavy atom. The van der Waals surface area contributed by atoms with Crippen molar-refractivity contribution in [2.75, 3.05) is 6.61 Å². The number of nitrogens with one attached hydrogen (secondary N) is 3. The van der Waals surface area contributed by atoms with Crippen LogP contribution in [0.25, 0.3) is 11.0 Å².